The maximum absolute atomic E-state index is 11.3. The number of esters is 1. The van der Waals surface area contributed by atoms with Gasteiger partial charge in [-0.05, 0) is 18.9 Å². The summed E-state index contributed by atoms with van der Waals surface area (Å²) in [5, 5.41) is 3.18. The third-order valence-electron chi connectivity index (χ3n) is 3.10. The fraction of sp³-hybridized carbons (Fsp3) is 0.636. The number of hydrogen-bond donors (Lipinski definition) is 1. The fourth-order valence-electron chi connectivity index (χ4n) is 2.14. The molecule has 1 aliphatic heterocycles. The Bertz CT molecular complexity index is 375. The third-order valence-corrected chi connectivity index (χ3v) is 3.10. The summed E-state index contributed by atoms with van der Waals surface area (Å²) >= 11 is 0. The second kappa shape index (κ2) is 4.65. The Hall–Kier alpha value is -1.36. The van der Waals surface area contributed by atoms with Gasteiger partial charge in [-0.15, -0.1) is 0 Å². The Morgan fingerprint density at radius 1 is 1.75 bits per heavy atom. The Morgan fingerprint density at radius 2 is 2.56 bits per heavy atom. The molecule has 0 spiro atoms. The molecule has 1 saturated heterocycles. The van der Waals surface area contributed by atoms with Gasteiger partial charge in [0.05, 0.1) is 7.11 Å². The number of aromatic nitrogens is 2. The molecule has 2 unspecified atom stereocenters. The molecule has 1 aromatic heterocycles. The van der Waals surface area contributed by atoms with E-state index < -0.39 is 0 Å². The lowest BCUT2D eigenvalue weighted by Crippen LogP contribution is -2.31. The lowest BCUT2D eigenvalue weighted by molar-refractivity contribution is -0.142. The lowest BCUT2D eigenvalue weighted by Gasteiger charge is -2.08. The SMILES string of the molecule is COC(=O)C1CC(Cc2nccn2C)CN1. The van der Waals surface area contributed by atoms with Crippen LogP contribution in [0.1, 0.15) is 12.2 Å². The Balaban J connectivity index is 1.90. The number of rotatable bonds is 3. The largest absolute Gasteiger partial charge is 0.468 e. The molecular formula is C11H17N3O2. The minimum Gasteiger partial charge on any atom is -0.468 e. The molecule has 0 aliphatic carbocycles. The first kappa shape index (κ1) is 11.1. The summed E-state index contributed by atoms with van der Waals surface area (Å²) < 4.78 is 6.74. The average molecular weight is 223 g/mol. The zero-order valence-electron chi connectivity index (χ0n) is 9.64. The van der Waals surface area contributed by atoms with E-state index in [0.29, 0.717) is 5.92 Å². The van der Waals surface area contributed by atoms with Crippen LogP contribution in [0.2, 0.25) is 0 Å². The van der Waals surface area contributed by atoms with Gasteiger partial charge in [-0.2, -0.15) is 0 Å². The molecular weight excluding hydrogens is 206 g/mol. The Labute approximate surface area is 94.8 Å². The second-order valence-electron chi connectivity index (χ2n) is 4.24. The van der Waals surface area contributed by atoms with Gasteiger partial charge >= 0.3 is 5.97 Å². The maximum Gasteiger partial charge on any atom is 0.322 e. The summed E-state index contributed by atoms with van der Waals surface area (Å²) in [7, 11) is 3.42. The molecule has 1 N–H and O–H groups in total. The number of ether oxygens (including phenoxy) is 1. The van der Waals surface area contributed by atoms with Crippen LogP contribution in [0.5, 0.6) is 0 Å². The summed E-state index contributed by atoms with van der Waals surface area (Å²) in [4.78, 5) is 15.6. The van der Waals surface area contributed by atoms with E-state index in [1.54, 1.807) is 6.20 Å². The van der Waals surface area contributed by atoms with Crippen molar-refractivity contribution in [3.8, 4) is 0 Å². The highest BCUT2D eigenvalue weighted by Crippen LogP contribution is 2.18. The van der Waals surface area contributed by atoms with Crippen molar-refractivity contribution in [2.75, 3.05) is 13.7 Å². The molecule has 2 rings (SSSR count). The predicted octanol–water partition coefficient (Wildman–Crippen LogP) is 0.114. The van der Waals surface area contributed by atoms with E-state index in [1.165, 1.54) is 7.11 Å². The number of hydrogen-bond acceptors (Lipinski definition) is 4. The first-order valence-corrected chi connectivity index (χ1v) is 5.48. The van der Waals surface area contributed by atoms with Crippen molar-refractivity contribution in [3.63, 3.8) is 0 Å². The van der Waals surface area contributed by atoms with Gasteiger partial charge in [0.15, 0.2) is 0 Å². The molecule has 0 radical (unpaired) electrons. The first-order valence-electron chi connectivity index (χ1n) is 5.48. The van der Waals surface area contributed by atoms with E-state index in [0.717, 1.165) is 25.2 Å². The molecule has 88 valence electrons. The molecule has 0 aromatic carbocycles. The standard InChI is InChI=1S/C11H17N3O2/c1-14-4-3-12-10(14)6-8-5-9(13-7-8)11(15)16-2/h3-4,8-9,13H,5-7H2,1-2H3. The second-order valence-corrected chi connectivity index (χ2v) is 4.24. The van der Waals surface area contributed by atoms with E-state index in [9.17, 15) is 4.79 Å². The summed E-state index contributed by atoms with van der Waals surface area (Å²) in [5.74, 6) is 1.37. The molecule has 5 nitrogen and oxygen atoms in total. The van der Waals surface area contributed by atoms with Crippen LogP contribution in [-0.2, 0) is 23.0 Å². The smallest absolute Gasteiger partial charge is 0.322 e. The van der Waals surface area contributed by atoms with E-state index >= 15 is 0 Å². The van der Waals surface area contributed by atoms with Crippen LogP contribution < -0.4 is 5.32 Å². The quantitative estimate of drug-likeness (QED) is 0.739. The maximum atomic E-state index is 11.3. The summed E-state index contributed by atoms with van der Waals surface area (Å²) in [5.41, 5.74) is 0. The molecule has 0 saturated carbocycles. The van der Waals surface area contributed by atoms with Crippen LogP contribution in [0.3, 0.4) is 0 Å². The number of imidazole rings is 1. The highest BCUT2D eigenvalue weighted by atomic mass is 16.5. The van der Waals surface area contributed by atoms with E-state index in [1.807, 2.05) is 17.8 Å². The first-order chi connectivity index (χ1) is 7.70. The number of carbonyl (C=O) groups excluding carboxylic acids is 1. The van der Waals surface area contributed by atoms with Gasteiger partial charge in [-0.25, -0.2) is 4.98 Å². The summed E-state index contributed by atoms with van der Waals surface area (Å²) in [6, 6.07) is -0.143. The number of nitrogens with one attached hydrogen (secondary N) is 1. The van der Waals surface area contributed by atoms with Crippen molar-refractivity contribution < 1.29 is 9.53 Å². The van der Waals surface area contributed by atoms with Crippen LogP contribution >= 0.6 is 0 Å². The fourth-order valence-corrected chi connectivity index (χ4v) is 2.14. The van der Waals surface area contributed by atoms with Crippen molar-refractivity contribution >= 4 is 5.97 Å². The van der Waals surface area contributed by atoms with Gasteiger partial charge < -0.3 is 14.6 Å². The van der Waals surface area contributed by atoms with Crippen molar-refractivity contribution in [1.29, 1.82) is 0 Å². The highest BCUT2D eigenvalue weighted by Gasteiger charge is 2.30. The predicted molar refractivity (Wildman–Crippen MR) is 58.8 cm³/mol. The van der Waals surface area contributed by atoms with Gasteiger partial charge in [-0.1, -0.05) is 0 Å². The van der Waals surface area contributed by atoms with Gasteiger partial charge in [0.2, 0.25) is 0 Å². The molecule has 0 amide bonds. The van der Waals surface area contributed by atoms with Crippen LogP contribution in [0.15, 0.2) is 12.4 Å². The van der Waals surface area contributed by atoms with Crippen LogP contribution in [0.25, 0.3) is 0 Å². The highest BCUT2D eigenvalue weighted by molar-refractivity contribution is 5.76. The zero-order valence-corrected chi connectivity index (χ0v) is 9.64. The molecule has 5 heteroatoms. The van der Waals surface area contributed by atoms with Crippen molar-refractivity contribution in [2.24, 2.45) is 13.0 Å². The van der Waals surface area contributed by atoms with Crippen molar-refractivity contribution in [3.05, 3.63) is 18.2 Å². The minimum atomic E-state index is -0.164. The summed E-state index contributed by atoms with van der Waals surface area (Å²) in [6.45, 7) is 0.854. The molecule has 1 aromatic rings. The van der Waals surface area contributed by atoms with Gasteiger partial charge in [0.25, 0.3) is 0 Å². The number of aryl methyl sites for hydroxylation is 1. The van der Waals surface area contributed by atoms with Crippen LogP contribution in [0.4, 0.5) is 0 Å². The van der Waals surface area contributed by atoms with E-state index in [2.05, 4.69) is 10.3 Å². The molecule has 2 heterocycles. The van der Waals surface area contributed by atoms with Crippen LogP contribution in [-0.4, -0.2) is 35.2 Å². The Morgan fingerprint density at radius 3 is 3.19 bits per heavy atom. The van der Waals surface area contributed by atoms with Crippen molar-refractivity contribution in [1.82, 2.24) is 14.9 Å². The monoisotopic (exact) mass is 223 g/mol. The normalized spacial score (nSPS) is 24.6. The number of carbonyl (C=O) groups is 1. The molecule has 1 aliphatic rings. The Kier molecular flexibility index (Phi) is 3.24. The van der Waals surface area contributed by atoms with E-state index in [-0.39, 0.29) is 12.0 Å². The molecule has 0 bridgehead atoms. The van der Waals surface area contributed by atoms with Crippen molar-refractivity contribution in [2.45, 2.75) is 18.9 Å². The van der Waals surface area contributed by atoms with Gasteiger partial charge in [-0.3, -0.25) is 4.79 Å². The topological polar surface area (TPSA) is 56.1 Å². The lowest BCUT2D eigenvalue weighted by atomic mass is 10.0. The number of nitrogens with zero attached hydrogens (tertiary/aromatic N) is 2. The average Bonchev–Trinajstić information content (AvgIpc) is 2.89. The molecule has 16 heavy (non-hydrogen) atoms. The number of methoxy groups -OCH3 is 1. The summed E-state index contributed by atoms with van der Waals surface area (Å²) in [6.07, 6.45) is 5.48. The van der Waals surface area contributed by atoms with Crippen LogP contribution in [0, 0.1) is 5.92 Å². The third kappa shape index (κ3) is 2.24. The zero-order chi connectivity index (χ0) is 11.5. The molecule has 2 atom stereocenters. The van der Waals surface area contributed by atoms with Gasteiger partial charge in [0, 0.05) is 25.9 Å². The van der Waals surface area contributed by atoms with Gasteiger partial charge in [0.1, 0.15) is 11.9 Å². The minimum absolute atomic E-state index is 0.143. The van der Waals surface area contributed by atoms with E-state index in [4.69, 9.17) is 4.74 Å². The molecule has 1 fully saturated rings.